The van der Waals surface area contributed by atoms with Gasteiger partial charge in [-0.25, -0.2) is 27.4 Å². The molecule has 2 aliphatic rings. The molecule has 3 heterocycles. The predicted octanol–water partition coefficient (Wildman–Crippen LogP) is 1.78. The number of cyclic esters (lactones) is 1. The summed E-state index contributed by atoms with van der Waals surface area (Å²) < 4.78 is 60.3. The van der Waals surface area contributed by atoms with E-state index in [1.54, 1.807) is 20.0 Å². The molecule has 0 bridgehead atoms. The fourth-order valence-corrected chi connectivity index (χ4v) is 3.88. The number of nitro groups is 1. The highest BCUT2D eigenvalue weighted by molar-refractivity contribution is 5.90. The zero-order valence-corrected chi connectivity index (χ0v) is 23.5. The fraction of sp³-hybridized carbons (Fsp3) is 0.440. The van der Waals surface area contributed by atoms with Crippen molar-refractivity contribution in [1.82, 2.24) is 15.7 Å². The average Bonchev–Trinajstić information content (AvgIpc) is 3.49. The van der Waals surface area contributed by atoms with Crippen LogP contribution in [0, 0.1) is 28.7 Å². The second-order valence-electron chi connectivity index (χ2n) is 8.86. The Hall–Kier alpha value is -4.78. The maximum Gasteiger partial charge on any atom is 0.433 e. The van der Waals surface area contributed by atoms with E-state index in [2.05, 4.69) is 15.1 Å². The molecule has 1 aromatic carbocycles. The second kappa shape index (κ2) is 17.4. The number of amides is 3. The third-order valence-corrected chi connectivity index (χ3v) is 5.74. The third-order valence-electron chi connectivity index (χ3n) is 5.74. The van der Waals surface area contributed by atoms with E-state index in [0.29, 0.717) is 18.7 Å². The molecule has 0 saturated carbocycles. The van der Waals surface area contributed by atoms with E-state index in [9.17, 15) is 42.1 Å². The molecule has 2 N–H and O–H groups in total. The van der Waals surface area contributed by atoms with Gasteiger partial charge in [-0.05, 0) is 20.0 Å². The lowest BCUT2D eigenvalue weighted by Gasteiger charge is -2.24. The van der Waals surface area contributed by atoms with Gasteiger partial charge in [0.1, 0.15) is 22.5 Å². The number of hydrogen-bond acceptors (Lipinski definition) is 11. The van der Waals surface area contributed by atoms with Crippen LogP contribution >= 0.6 is 0 Å². The number of anilines is 2. The number of furan rings is 1. The third kappa shape index (κ3) is 10.5. The topological polar surface area (TPSA) is 177 Å². The minimum Gasteiger partial charge on any atom is -0.443 e. The SMILES string of the molecule is CNC[C@H]1CN(c2cc(F)c(N3CCON(C(=O)CNC=O)CC3)c(F)c2)C(=O)O1.Cc1ccc([N+](=O)[O-])o1.O=CC(F)F. The van der Waals surface area contributed by atoms with E-state index in [1.165, 1.54) is 15.9 Å². The summed E-state index contributed by atoms with van der Waals surface area (Å²) in [5.41, 5.74) is -0.192. The number of hydroxylamine groups is 2. The van der Waals surface area contributed by atoms with Crippen LogP contribution in [0.2, 0.25) is 0 Å². The zero-order chi connectivity index (χ0) is 32.8. The molecular formula is C25H30F4N6O9. The van der Waals surface area contributed by atoms with Crippen molar-refractivity contribution in [3.8, 4) is 0 Å². The second-order valence-corrected chi connectivity index (χ2v) is 8.86. The summed E-state index contributed by atoms with van der Waals surface area (Å²) in [5, 5.41) is 16.1. The van der Waals surface area contributed by atoms with Gasteiger partial charge in [0.15, 0.2) is 17.9 Å². The molecule has 19 heteroatoms. The number of nitrogens with zero attached hydrogens (tertiary/aromatic N) is 4. The van der Waals surface area contributed by atoms with Gasteiger partial charge in [0.05, 0.1) is 38.0 Å². The maximum atomic E-state index is 14.8. The van der Waals surface area contributed by atoms with Gasteiger partial charge in [0, 0.05) is 31.8 Å². The van der Waals surface area contributed by atoms with Crippen molar-refractivity contribution in [2.45, 2.75) is 19.5 Å². The van der Waals surface area contributed by atoms with Crippen LogP contribution < -0.4 is 20.4 Å². The number of halogens is 4. The molecule has 0 aliphatic carbocycles. The van der Waals surface area contributed by atoms with Crippen LogP contribution in [-0.2, 0) is 24.0 Å². The van der Waals surface area contributed by atoms with Crippen LogP contribution in [0.4, 0.5) is 39.6 Å². The molecule has 0 spiro atoms. The summed E-state index contributed by atoms with van der Waals surface area (Å²) in [4.78, 5) is 60.3. The van der Waals surface area contributed by atoms with Crippen molar-refractivity contribution in [2.24, 2.45) is 0 Å². The number of nitrogens with one attached hydrogen (secondary N) is 2. The summed E-state index contributed by atoms with van der Waals surface area (Å²) in [7, 11) is 1.71. The lowest BCUT2D eigenvalue weighted by molar-refractivity contribution is -0.402. The highest BCUT2D eigenvalue weighted by Crippen LogP contribution is 2.31. The van der Waals surface area contributed by atoms with Crippen LogP contribution in [0.1, 0.15) is 5.76 Å². The maximum absolute atomic E-state index is 14.8. The molecule has 0 unspecified atom stereocenters. The number of alkyl halides is 2. The Morgan fingerprint density at radius 3 is 2.34 bits per heavy atom. The Morgan fingerprint density at radius 1 is 1.18 bits per heavy atom. The van der Waals surface area contributed by atoms with Crippen molar-refractivity contribution < 1.29 is 55.7 Å². The first-order valence-electron chi connectivity index (χ1n) is 12.8. The van der Waals surface area contributed by atoms with E-state index < -0.39 is 47.4 Å². The van der Waals surface area contributed by atoms with Gasteiger partial charge < -0.3 is 24.7 Å². The Bertz CT molecular complexity index is 1280. The van der Waals surface area contributed by atoms with Crippen molar-refractivity contribution in [2.75, 3.05) is 62.7 Å². The summed E-state index contributed by atoms with van der Waals surface area (Å²) in [6, 6.07) is 5.06. The molecular weight excluding hydrogens is 604 g/mol. The minimum atomic E-state index is -2.80. The van der Waals surface area contributed by atoms with Gasteiger partial charge in [-0.3, -0.25) is 34.2 Å². The summed E-state index contributed by atoms with van der Waals surface area (Å²) >= 11 is 0. The van der Waals surface area contributed by atoms with E-state index >= 15 is 0 Å². The average molecular weight is 635 g/mol. The first-order chi connectivity index (χ1) is 20.9. The molecule has 1 aromatic heterocycles. The van der Waals surface area contributed by atoms with Crippen LogP contribution in [0.15, 0.2) is 28.7 Å². The summed E-state index contributed by atoms with van der Waals surface area (Å²) in [5.74, 6) is -1.78. The van der Waals surface area contributed by atoms with Gasteiger partial charge >= 0.3 is 12.0 Å². The Labute approximate surface area is 247 Å². The Balaban J connectivity index is 0.000000397. The van der Waals surface area contributed by atoms with E-state index in [4.69, 9.17) is 14.4 Å². The number of benzene rings is 1. The van der Waals surface area contributed by atoms with Gasteiger partial charge in [-0.15, -0.1) is 0 Å². The highest BCUT2D eigenvalue weighted by Gasteiger charge is 2.33. The lowest BCUT2D eigenvalue weighted by Crippen LogP contribution is -2.39. The number of hydrogen-bond donors (Lipinski definition) is 2. The molecule has 3 amide bonds. The van der Waals surface area contributed by atoms with Crippen LogP contribution in [0.3, 0.4) is 0 Å². The normalized spacial score (nSPS) is 16.2. The number of carbonyl (C=O) groups is 4. The largest absolute Gasteiger partial charge is 0.443 e. The molecule has 2 aromatic rings. The molecule has 15 nitrogen and oxygen atoms in total. The van der Waals surface area contributed by atoms with Crippen LogP contribution in [0.25, 0.3) is 0 Å². The predicted molar refractivity (Wildman–Crippen MR) is 144 cm³/mol. The smallest absolute Gasteiger partial charge is 0.433 e. The first-order valence-corrected chi connectivity index (χ1v) is 12.8. The number of rotatable bonds is 9. The van der Waals surface area contributed by atoms with Gasteiger partial charge in [-0.2, -0.15) is 0 Å². The molecule has 2 aliphatic heterocycles. The fourth-order valence-electron chi connectivity index (χ4n) is 3.88. The van der Waals surface area contributed by atoms with Crippen molar-refractivity contribution >= 4 is 42.0 Å². The molecule has 0 radical (unpaired) electrons. The zero-order valence-electron chi connectivity index (χ0n) is 23.5. The van der Waals surface area contributed by atoms with Gasteiger partial charge in [0.25, 0.3) is 12.3 Å². The summed E-state index contributed by atoms with van der Waals surface area (Å²) in [6.07, 6.45) is -3.89. The highest BCUT2D eigenvalue weighted by atomic mass is 19.3. The van der Waals surface area contributed by atoms with Crippen LogP contribution in [-0.4, -0.2) is 100 Å². The Kier molecular flexibility index (Phi) is 14.0. The monoisotopic (exact) mass is 634 g/mol. The molecule has 4 rings (SSSR count). The molecule has 1 atom stereocenters. The Morgan fingerprint density at radius 2 is 1.84 bits per heavy atom. The number of aldehydes is 1. The molecule has 242 valence electrons. The van der Waals surface area contributed by atoms with E-state index in [-0.39, 0.29) is 56.6 Å². The van der Waals surface area contributed by atoms with Gasteiger partial charge in [-0.1, -0.05) is 0 Å². The minimum absolute atomic E-state index is 0.0254. The molecule has 2 saturated heterocycles. The van der Waals surface area contributed by atoms with E-state index in [1.807, 2.05) is 0 Å². The standard InChI is InChI=1S/C18H23F2N5O5.C5H5NO3.C2H2F2O/c1-21-8-13-10-24(18(28)30-13)12-6-14(19)17(15(20)7-12)23-2-3-25(29-5-4-23)16(27)9-22-11-26;1-4-2-3-5(9-4)6(7)8;3-2(4)1-5/h6-7,11,13,21H,2-5,8-10H2,1H3,(H,22,26);2-3H,1H3;1-2H/t13-;;/m0../s1. The number of ether oxygens (including phenoxy) is 1. The van der Waals surface area contributed by atoms with Gasteiger partial charge in [0.2, 0.25) is 6.41 Å². The van der Waals surface area contributed by atoms with E-state index in [0.717, 1.165) is 17.2 Å². The number of carbonyl (C=O) groups excluding carboxylic acids is 4. The lowest BCUT2D eigenvalue weighted by atomic mass is 10.2. The van der Waals surface area contributed by atoms with Crippen molar-refractivity contribution in [3.63, 3.8) is 0 Å². The number of aryl methyl sites for hydroxylation is 1. The quantitative estimate of drug-likeness (QED) is 0.178. The van der Waals surface area contributed by atoms with Crippen molar-refractivity contribution in [1.29, 1.82) is 0 Å². The van der Waals surface area contributed by atoms with Crippen molar-refractivity contribution in [3.05, 3.63) is 51.8 Å². The summed E-state index contributed by atoms with van der Waals surface area (Å²) in [6.45, 7) is 2.39. The molecule has 44 heavy (non-hydrogen) atoms. The van der Waals surface area contributed by atoms with Crippen LogP contribution in [0.5, 0.6) is 0 Å². The molecule has 2 fully saturated rings. The first kappa shape index (κ1) is 35.4. The number of likely N-dealkylation sites (N-methyl/N-ethyl adjacent to an activating group) is 1.